The highest BCUT2D eigenvalue weighted by Gasteiger charge is 2.72. The normalized spacial score (nSPS) is 48.5. The summed E-state index contributed by atoms with van der Waals surface area (Å²) < 4.78 is 18.7. The maximum Gasteiger partial charge on any atom is 0.228 e. The van der Waals surface area contributed by atoms with Gasteiger partial charge in [-0.2, -0.15) is 0 Å². The van der Waals surface area contributed by atoms with Gasteiger partial charge in [-0.3, -0.25) is 4.79 Å². The lowest BCUT2D eigenvalue weighted by atomic mass is 9.56. The fourth-order valence-corrected chi connectivity index (χ4v) is 6.15. The number of carbonyl (C=O) groups excluding carboxylic acids is 1. The van der Waals surface area contributed by atoms with Crippen molar-refractivity contribution in [3.8, 4) is 0 Å². The number of carbonyl (C=O) groups is 1. The second kappa shape index (κ2) is 5.10. The van der Waals surface area contributed by atoms with E-state index in [4.69, 9.17) is 13.9 Å². The van der Waals surface area contributed by atoms with Gasteiger partial charge in [0.15, 0.2) is 12.0 Å². The van der Waals surface area contributed by atoms with E-state index in [1.54, 1.807) is 6.26 Å². The van der Waals surface area contributed by atoms with E-state index in [0.717, 1.165) is 25.0 Å². The van der Waals surface area contributed by atoms with Gasteiger partial charge in [-0.1, -0.05) is 13.8 Å². The molecule has 1 saturated carbocycles. The molecule has 7 atom stereocenters. The Morgan fingerprint density at radius 3 is 2.84 bits per heavy atom. The highest BCUT2D eigenvalue weighted by molar-refractivity contribution is 5.80. The molecule has 25 heavy (non-hydrogen) atoms. The second-order valence-electron chi connectivity index (χ2n) is 8.70. The molecule has 136 valence electrons. The molecule has 4 aliphatic rings. The number of ether oxygens (including phenoxy) is 2. The summed E-state index contributed by atoms with van der Waals surface area (Å²) in [7, 11) is 0. The van der Waals surface area contributed by atoms with Crippen LogP contribution in [0, 0.1) is 23.7 Å². The third-order valence-corrected chi connectivity index (χ3v) is 7.29. The van der Waals surface area contributed by atoms with E-state index >= 15 is 0 Å². The summed E-state index contributed by atoms with van der Waals surface area (Å²) in [5, 5.41) is 0. The van der Waals surface area contributed by atoms with Gasteiger partial charge < -0.3 is 18.8 Å². The summed E-state index contributed by atoms with van der Waals surface area (Å²) in [5.74, 6) is 1.68. The van der Waals surface area contributed by atoms with Gasteiger partial charge >= 0.3 is 0 Å². The molecule has 1 amide bonds. The van der Waals surface area contributed by atoms with E-state index in [0.29, 0.717) is 18.4 Å². The van der Waals surface area contributed by atoms with Gasteiger partial charge in [-0.05, 0) is 50.2 Å². The predicted molar refractivity (Wildman–Crippen MR) is 90.1 cm³/mol. The highest BCUT2D eigenvalue weighted by atomic mass is 16.8. The molecule has 0 unspecified atom stereocenters. The number of amides is 1. The molecule has 1 aromatic rings. The largest absolute Gasteiger partial charge is 0.467 e. The van der Waals surface area contributed by atoms with Crippen molar-refractivity contribution in [2.75, 3.05) is 0 Å². The van der Waals surface area contributed by atoms with Crippen molar-refractivity contribution in [3.05, 3.63) is 24.2 Å². The van der Waals surface area contributed by atoms with Crippen molar-refractivity contribution >= 4 is 5.91 Å². The Hall–Kier alpha value is -1.33. The van der Waals surface area contributed by atoms with Gasteiger partial charge in [0.2, 0.25) is 5.91 Å². The van der Waals surface area contributed by atoms with Crippen LogP contribution in [0.4, 0.5) is 0 Å². The quantitative estimate of drug-likeness (QED) is 0.823. The smallest absolute Gasteiger partial charge is 0.228 e. The molecule has 3 saturated heterocycles. The number of hydrogen-bond acceptors (Lipinski definition) is 4. The molecule has 0 radical (unpaired) electrons. The molecule has 1 aliphatic carbocycles. The zero-order chi connectivity index (χ0) is 17.4. The zero-order valence-electron chi connectivity index (χ0n) is 15.2. The first-order valence-corrected chi connectivity index (χ1v) is 9.65. The van der Waals surface area contributed by atoms with Crippen molar-refractivity contribution in [2.45, 2.75) is 70.6 Å². The Morgan fingerprint density at radius 2 is 2.08 bits per heavy atom. The topological polar surface area (TPSA) is 51.9 Å². The molecule has 0 N–H and O–H groups in total. The van der Waals surface area contributed by atoms with Gasteiger partial charge in [0.1, 0.15) is 11.4 Å². The molecule has 2 bridgehead atoms. The van der Waals surface area contributed by atoms with E-state index in [-0.39, 0.29) is 29.6 Å². The van der Waals surface area contributed by atoms with Crippen molar-refractivity contribution in [3.63, 3.8) is 0 Å². The first kappa shape index (κ1) is 15.9. The van der Waals surface area contributed by atoms with Crippen molar-refractivity contribution in [1.82, 2.24) is 4.90 Å². The maximum atomic E-state index is 13.2. The van der Waals surface area contributed by atoms with Gasteiger partial charge in [-0.25, -0.2) is 0 Å². The van der Waals surface area contributed by atoms with Crippen molar-refractivity contribution < 1.29 is 18.7 Å². The monoisotopic (exact) mass is 345 g/mol. The molecule has 3 aliphatic heterocycles. The van der Waals surface area contributed by atoms with E-state index in [9.17, 15) is 4.79 Å². The molecule has 1 aromatic heterocycles. The number of rotatable bonds is 2. The van der Waals surface area contributed by atoms with Crippen LogP contribution < -0.4 is 0 Å². The minimum absolute atomic E-state index is 0.0368. The van der Waals surface area contributed by atoms with Gasteiger partial charge in [-0.15, -0.1) is 0 Å². The summed E-state index contributed by atoms with van der Waals surface area (Å²) in [5.41, 5.74) is -0.357. The average Bonchev–Trinajstić information content (AvgIpc) is 3.16. The fraction of sp³-hybridized carbons (Fsp3) is 0.750. The lowest BCUT2D eigenvalue weighted by molar-refractivity contribution is -0.254. The third-order valence-electron chi connectivity index (χ3n) is 7.29. The SMILES string of the molecule is C[C@H]1CC[C@H]2[C@@H](C)C(=O)N(Cc3ccco3)[C@H]3O[C@]4(C)CC[C@@H]1[C@]32O4. The van der Waals surface area contributed by atoms with E-state index in [1.165, 1.54) is 6.42 Å². The summed E-state index contributed by atoms with van der Waals surface area (Å²) in [4.78, 5) is 15.1. The molecule has 0 aromatic carbocycles. The number of nitrogens with zero attached hydrogens (tertiary/aromatic N) is 1. The van der Waals surface area contributed by atoms with Crippen LogP contribution >= 0.6 is 0 Å². The fourth-order valence-electron chi connectivity index (χ4n) is 6.15. The average molecular weight is 345 g/mol. The molecule has 4 heterocycles. The summed E-state index contributed by atoms with van der Waals surface area (Å²) in [6, 6.07) is 3.79. The van der Waals surface area contributed by atoms with Crippen molar-refractivity contribution in [1.29, 1.82) is 0 Å². The van der Waals surface area contributed by atoms with E-state index in [2.05, 4.69) is 13.8 Å². The van der Waals surface area contributed by atoms with E-state index in [1.807, 2.05) is 24.0 Å². The number of fused-ring (bicyclic) bond motifs is 1. The lowest BCUT2D eigenvalue weighted by Crippen LogP contribution is -2.70. The minimum atomic E-state index is -0.567. The Labute approximate surface area is 148 Å². The number of furan rings is 1. The van der Waals surface area contributed by atoms with Crippen LogP contribution in [0.25, 0.3) is 0 Å². The number of piperidine rings is 1. The standard InChI is InChI=1S/C20H27NO4/c1-12-6-7-16-13(2)17(22)21(11-14-5-4-10-23-14)18-20(16)15(12)8-9-19(3,24-18)25-20/h4-5,10,12-13,15-16,18H,6-9,11H2,1-3H3/t12-,13+,15-,16-,18-,19-,20+/m0/s1. The predicted octanol–water partition coefficient (Wildman–Crippen LogP) is 3.54. The van der Waals surface area contributed by atoms with Crippen molar-refractivity contribution in [2.24, 2.45) is 23.7 Å². The lowest BCUT2D eigenvalue weighted by Gasteiger charge is -2.59. The van der Waals surface area contributed by atoms with Gasteiger partial charge in [0, 0.05) is 18.3 Å². The molecule has 5 rings (SSSR count). The molecule has 5 heteroatoms. The van der Waals surface area contributed by atoms with Gasteiger partial charge in [0.25, 0.3) is 0 Å². The minimum Gasteiger partial charge on any atom is -0.467 e. The Balaban J connectivity index is 1.61. The maximum absolute atomic E-state index is 13.2. The summed E-state index contributed by atoms with van der Waals surface area (Å²) in [6.07, 6.45) is 5.62. The molecular formula is C20H27NO4. The molecule has 5 nitrogen and oxygen atoms in total. The highest BCUT2D eigenvalue weighted by Crippen LogP contribution is 2.63. The van der Waals surface area contributed by atoms with Crippen LogP contribution in [0.15, 0.2) is 22.8 Å². The number of hydrogen-bond donors (Lipinski definition) is 0. The van der Waals surface area contributed by atoms with E-state index < -0.39 is 5.79 Å². The molecule has 4 fully saturated rings. The van der Waals surface area contributed by atoms with Crippen LogP contribution in [0.1, 0.15) is 52.2 Å². The van der Waals surface area contributed by atoms with Crippen LogP contribution in [0.3, 0.4) is 0 Å². The second-order valence-corrected chi connectivity index (χ2v) is 8.70. The molecular weight excluding hydrogens is 318 g/mol. The van der Waals surface area contributed by atoms with Crippen LogP contribution in [-0.4, -0.2) is 28.4 Å². The summed E-state index contributed by atoms with van der Waals surface area (Å²) in [6.45, 7) is 6.92. The Kier molecular flexibility index (Phi) is 3.24. The van der Waals surface area contributed by atoms with Crippen LogP contribution in [0.5, 0.6) is 0 Å². The first-order chi connectivity index (χ1) is 11.9. The molecule has 1 spiro atoms. The first-order valence-electron chi connectivity index (χ1n) is 9.65. The Bertz CT molecular complexity index is 688. The summed E-state index contributed by atoms with van der Waals surface area (Å²) >= 11 is 0. The Morgan fingerprint density at radius 1 is 1.24 bits per heavy atom. The van der Waals surface area contributed by atoms with Crippen LogP contribution in [0.2, 0.25) is 0 Å². The third kappa shape index (κ3) is 2.00. The van der Waals surface area contributed by atoms with Gasteiger partial charge in [0.05, 0.1) is 12.8 Å². The van der Waals surface area contributed by atoms with Crippen LogP contribution in [-0.2, 0) is 20.8 Å². The zero-order valence-corrected chi connectivity index (χ0v) is 15.2. The number of likely N-dealkylation sites (tertiary alicyclic amines) is 1.